The van der Waals surface area contributed by atoms with Crippen molar-refractivity contribution in [2.45, 2.75) is 31.5 Å². The van der Waals surface area contributed by atoms with Gasteiger partial charge in [0, 0.05) is 17.7 Å². The van der Waals surface area contributed by atoms with Crippen LogP contribution in [0.1, 0.15) is 23.7 Å². The van der Waals surface area contributed by atoms with Crippen molar-refractivity contribution in [3.63, 3.8) is 0 Å². The number of amides is 1. The van der Waals surface area contributed by atoms with Crippen LogP contribution in [0.4, 0.5) is 22.0 Å². The minimum absolute atomic E-state index is 0.101. The summed E-state index contributed by atoms with van der Waals surface area (Å²) >= 11 is 0. The number of nitrogens with zero attached hydrogens (tertiary/aromatic N) is 2. The number of carbonyl (C=O) groups excluding carboxylic acids is 1. The molecule has 0 fully saturated rings. The van der Waals surface area contributed by atoms with Crippen molar-refractivity contribution < 1.29 is 41.3 Å². The Hall–Kier alpha value is -2.27. The Morgan fingerprint density at radius 3 is 2.28 bits per heavy atom. The monoisotopic (exact) mass is 368 g/mol. The zero-order valence-electron chi connectivity index (χ0n) is 13.0. The third-order valence-electron chi connectivity index (χ3n) is 3.36. The second kappa shape index (κ2) is 6.23. The average Bonchev–Trinajstić information content (AvgIpc) is 2.81. The van der Waals surface area contributed by atoms with Crippen LogP contribution in [0.5, 0.6) is 5.75 Å². The quantitative estimate of drug-likeness (QED) is 0.830. The Balaban J connectivity index is 2.37. The Bertz CT molecular complexity index is 689. The van der Waals surface area contributed by atoms with Gasteiger partial charge in [-0.15, -0.1) is 13.2 Å². The number of rotatable bonds is 4. The van der Waals surface area contributed by atoms with E-state index in [0.29, 0.717) is 5.75 Å². The molecule has 2 rings (SSSR count). The summed E-state index contributed by atoms with van der Waals surface area (Å²) in [5.41, 5.74) is -3.99. The lowest BCUT2D eigenvalue weighted by Gasteiger charge is -2.36. The number of carbonyl (C=O) groups is 1. The molecule has 1 aromatic rings. The van der Waals surface area contributed by atoms with E-state index in [0.717, 1.165) is 0 Å². The number of halogens is 5. The number of aliphatic hydroxyl groups is 1. The highest BCUT2D eigenvalue weighted by atomic mass is 19.4. The van der Waals surface area contributed by atoms with Gasteiger partial charge in [0.15, 0.2) is 0 Å². The highest BCUT2D eigenvalue weighted by molar-refractivity contribution is 5.98. The second-order valence-electron chi connectivity index (χ2n) is 5.24. The first kappa shape index (κ1) is 19.1. The van der Waals surface area contributed by atoms with Gasteiger partial charge in [0.05, 0.1) is 7.11 Å². The highest BCUT2D eigenvalue weighted by Gasteiger charge is 2.66. The van der Waals surface area contributed by atoms with E-state index in [1.54, 1.807) is 0 Å². The van der Waals surface area contributed by atoms with E-state index < -0.39 is 30.5 Å². The molecule has 25 heavy (non-hydrogen) atoms. The van der Waals surface area contributed by atoms with Crippen molar-refractivity contribution in [1.29, 1.82) is 0 Å². The molecule has 138 valence electrons. The SMILES string of the molecule is COc1ccc(C(=O)N2N=C(C)C[C@]2(O)C(F)(F)OC(F)(F)F)cc1. The molecule has 1 N–H and O–H groups in total. The van der Waals surface area contributed by atoms with E-state index in [-0.39, 0.29) is 16.3 Å². The fraction of sp³-hybridized carbons (Fsp3) is 0.429. The number of alkyl halides is 5. The third-order valence-corrected chi connectivity index (χ3v) is 3.36. The Morgan fingerprint density at radius 2 is 1.80 bits per heavy atom. The largest absolute Gasteiger partial charge is 0.527 e. The van der Waals surface area contributed by atoms with Gasteiger partial charge >= 0.3 is 12.5 Å². The molecule has 6 nitrogen and oxygen atoms in total. The molecule has 0 unspecified atom stereocenters. The normalized spacial score (nSPS) is 21.3. The molecule has 1 aliphatic rings. The Morgan fingerprint density at radius 1 is 1.24 bits per heavy atom. The Kier molecular flexibility index (Phi) is 4.75. The molecule has 0 bridgehead atoms. The Labute approximate surface area is 138 Å². The maximum Gasteiger partial charge on any atom is 0.527 e. The van der Waals surface area contributed by atoms with Crippen LogP contribution in [0.15, 0.2) is 29.4 Å². The molecule has 0 spiro atoms. The molecule has 1 aliphatic heterocycles. The lowest BCUT2D eigenvalue weighted by Crippen LogP contribution is -2.61. The van der Waals surface area contributed by atoms with Crippen molar-refractivity contribution in [1.82, 2.24) is 5.01 Å². The van der Waals surface area contributed by atoms with E-state index in [2.05, 4.69) is 9.84 Å². The first-order valence-electron chi connectivity index (χ1n) is 6.79. The van der Waals surface area contributed by atoms with Crippen LogP contribution in [0.2, 0.25) is 0 Å². The zero-order chi connectivity index (χ0) is 19.0. The van der Waals surface area contributed by atoms with Crippen LogP contribution >= 0.6 is 0 Å². The maximum absolute atomic E-state index is 13.9. The molecule has 1 aromatic carbocycles. The van der Waals surface area contributed by atoms with Gasteiger partial charge in [0.2, 0.25) is 0 Å². The van der Waals surface area contributed by atoms with E-state index in [1.807, 2.05) is 0 Å². The summed E-state index contributed by atoms with van der Waals surface area (Å²) in [5, 5.41) is 13.5. The maximum atomic E-state index is 13.9. The van der Waals surface area contributed by atoms with Gasteiger partial charge in [-0.05, 0) is 31.2 Å². The molecule has 1 heterocycles. The van der Waals surface area contributed by atoms with Crippen LogP contribution in [-0.4, -0.2) is 47.0 Å². The van der Waals surface area contributed by atoms with Gasteiger partial charge in [-0.3, -0.25) is 4.79 Å². The highest BCUT2D eigenvalue weighted by Crippen LogP contribution is 2.43. The average molecular weight is 368 g/mol. The lowest BCUT2D eigenvalue weighted by atomic mass is 10.1. The first-order valence-corrected chi connectivity index (χ1v) is 6.79. The minimum atomic E-state index is -5.73. The number of hydrogen-bond donors (Lipinski definition) is 1. The van der Waals surface area contributed by atoms with Gasteiger partial charge in [-0.2, -0.15) is 18.9 Å². The fourth-order valence-corrected chi connectivity index (χ4v) is 2.24. The van der Waals surface area contributed by atoms with Gasteiger partial charge in [0.25, 0.3) is 11.6 Å². The van der Waals surface area contributed by atoms with E-state index in [1.165, 1.54) is 38.3 Å². The van der Waals surface area contributed by atoms with Crippen LogP contribution < -0.4 is 4.74 Å². The number of methoxy groups -OCH3 is 1. The van der Waals surface area contributed by atoms with E-state index in [9.17, 15) is 31.9 Å². The topological polar surface area (TPSA) is 71.4 Å². The predicted octanol–water partition coefficient (Wildman–Crippen LogP) is 2.73. The van der Waals surface area contributed by atoms with Gasteiger partial charge in [0.1, 0.15) is 5.75 Å². The van der Waals surface area contributed by atoms with Gasteiger partial charge < -0.3 is 9.84 Å². The van der Waals surface area contributed by atoms with Crippen molar-refractivity contribution in [2.24, 2.45) is 5.10 Å². The zero-order valence-corrected chi connectivity index (χ0v) is 13.0. The van der Waals surface area contributed by atoms with Gasteiger partial charge in [-0.1, -0.05) is 0 Å². The minimum Gasteiger partial charge on any atom is -0.497 e. The predicted molar refractivity (Wildman–Crippen MR) is 73.9 cm³/mol. The summed E-state index contributed by atoms with van der Waals surface area (Å²) in [6.45, 7) is 1.18. The second-order valence-corrected chi connectivity index (χ2v) is 5.24. The number of hydrazone groups is 1. The van der Waals surface area contributed by atoms with Crippen LogP contribution in [0.3, 0.4) is 0 Å². The molecule has 1 atom stereocenters. The summed E-state index contributed by atoms with van der Waals surface area (Å²) in [4.78, 5) is 12.4. The van der Waals surface area contributed by atoms with E-state index in [4.69, 9.17) is 4.74 Å². The van der Waals surface area contributed by atoms with Crippen molar-refractivity contribution >= 4 is 11.6 Å². The standard InChI is InChI=1S/C14H13F5N2O4/c1-8-7-12(23,13(15,16)25-14(17,18)19)21(20-8)11(22)9-3-5-10(24-2)6-4-9/h3-6,23H,7H2,1-2H3/t12-/m0/s1. The van der Waals surface area contributed by atoms with Crippen LogP contribution in [-0.2, 0) is 4.74 Å². The van der Waals surface area contributed by atoms with Gasteiger partial charge in [-0.25, -0.2) is 4.74 Å². The summed E-state index contributed by atoms with van der Waals surface area (Å²) in [6, 6.07) is 5.05. The van der Waals surface area contributed by atoms with Crippen molar-refractivity contribution in [2.75, 3.05) is 7.11 Å². The lowest BCUT2D eigenvalue weighted by molar-refractivity contribution is -0.468. The summed E-state index contributed by atoms with van der Waals surface area (Å²) in [6.07, 6.45) is -11.9. The number of hydrogen-bond acceptors (Lipinski definition) is 5. The van der Waals surface area contributed by atoms with Crippen molar-refractivity contribution in [3.05, 3.63) is 29.8 Å². The third kappa shape index (κ3) is 3.71. The number of benzene rings is 1. The summed E-state index contributed by atoms with van der Waals surface area (Å²) in [7, 11) is 1.36. The first-order chi connectivity index (χ1) is 11.4. The van der Waals surface area contributed by atoms with Crippen LogP contribution in [0.25, 0.3) is 0 Å². The fourth-order valence-electron chi connectivity index (χ4n) is 2.24. The smallest absolute Gasteiger partial charge is 0.497 e. The molecule has 0 radical (unpaired) electrons. The molecular formula is C14H13F5N2O4. The summed E-state index contributed by atoms with van der Waals surface area (Å²) < 4.78 is 72.2. The molecule has 0 saturated carbocycles. The summed E-state index contributed by atoms with van der Waals surface area (Å²) in [5.74, 6) is -0.869. The van der Waals surface area contributed by atoms with E-state index >= 15 is 0 Å². The molecule has 0 aliphatic carbocycles. The molecule has 0 aromatic heterocycles. The van der Waals surface area contributed by atoms with Crippen LogP contribution in [0, 0.1) is 0 Å². The molecule has 0 saturated heterocycles. The molecule has 11 heteroatoms. The van der Waals surface area contributed by atoms with Crippen molar-refractivity contribution in [3.8, 4) is 5.75 Å². The molecule has 1 amide bonds. The number of ether oxygens (including phenoxy) is 2. The molecular weight excluding hydrogens is 355 g/mol.